The van der Waals surface area contributed by atoms with Crippen molar-refractivity contribution in [2.45, 2.75) is 13.8 Å². The van der Waals surface area contributed by atoms with Gasteiger partial charge in [0.15, 0.2) is 0 Å². The first-order valence-corrected chi connectivity index (χ1v) is 4.06. The average Bonchev–Trinajstić information content (AvgIpc) is 2.31. The van der Waals surface area contributed by atoms with Crippen LogP contribution in [0.4, 0.5) is 0 Å². The van der Waals surface area contributed by atoms with Crippen LogP contribution in [-0.4, -0.2) is 23.7 Å². The summed E-state index contributed by atoms with van der Waals surface area (Å²) in [6.07, 6.45) is 2.39. The highest BCUT2D eigenvalue weighted by molar-refractivity contribution is 5.85. The molecule has 4 nitrogen and oxygen atoms in total. The molecule has 1 aliphatic heterocycles. The Kier molecular flexibility index (Phi) is 2.40. The zero-order valence-corrected chi connectivity index (χ0v) is 7.61. The summed E-state index contributed by atoms with van der Waals surface area (Å²) in [5, 5.41) is 8.42. The molecule has 4 heteroatoms. The second-order valence-corrected chi connectivity index (χ2v) is 3.45. The van der Waals surface area contributed by atoms with E-state index >= 15 is 0 Å². The molecule has 1 heterocycles. The number of carboxylic acid groups (broad SMARTS) is 1. The van der Waals surface area contributed by atoms with Crippen LogP contribution >= 0.6 is 0 Å². The van der Waals surface area contributed by atoms with Crippen LogP contribution in [0.2, 0.25) is 0 Å². The van der Waals surface area contributed by atoms with Gasteiger partial charge in [-0.25, -0.2) is 4.79 Å². The normalized spacial score (nSPS) is 33.7. The molecule has 0 aliphatic carbocycles. The topological polar surface area (TPSA) is 63.6 Å². The number of rotatable bonds is 2. The van der Waals surface area contributed by atoms with E-state index in [1.54, 1.807) is 6.92 Å². The van der Waals surface area contributed by atoms with E-state index in [0.29, 0.717) is 6.61 Å². The van der Waals surface area contributed by atoms with E-state index in [0.717, 1.165) is 6.08 Å². The molecule has 2 unspecified atom stereocenters. The van der Waals surface area contributed by atoms with Gasteiger partial charge in [-0.05, 0) is 6.92 Å². The molecule has 0 spiro atoms. The van der Waals surface area contributed by atoms with Gasteiger partial charge in [-0.2, -0.15) is 0 Å². The molecule has 0 amide bonds. The van der Waals surface area contributed by atoms with Gasteiger partial charge >= 0.3 is 11.9 Å². The van der Waals surface area contributed by atoms with Crippen molar-refractivity contribution in [3.05, 3.63) is 12.2 Å². The van der Waals surface area contributed by atoms with Gasteiger partial charge in [-0.15, -0.1) is 0 Å². The number of carbonyl (C=O) groups excluding carboxylic acids is 1. The summed E-state index contributed by atoms with van der Waals surface area (Å²) in [7, 11) is 0. The van der Waals surface area contributed by atoms with E-state index in [-0.39, 0.29) is 11.9 Å². The van der Waals surface area contributed by atoms with Crippen molar-refractivity contribution in [2.75, 3.05) is 6.61 Å². The summed E-state index contributed by atoms with van der Waals surface area (Å²) >= 11 is 0. The van der Waals surface area contributed by atoms with Crippen LogP contribution in [0.1, 0.15) is 13.8 Å². The third kappa shape index (κ3) is 1.71. The number of esters is 1. The Morgan fingerprint density at radius 3 is 2.77 bits per heavy atom. The Balaban J connectivity index is 2.85. The van der Waals surface area contributed by atoms with Gasteiger partial charge in [0.25, 0.3) is 0 Å². The maximum atomic E-state index is 11.3. The molecule has 2 atom stereocenters. The Morgan fingerprint density at radius 1 is 1.77 bits per heavy atom. The third-order valence-corrected chi connectivity index (χ3v) is 2.50. The standard InChI is InChI=1S/C9H12O4/c1-6-5-13-8(12)9(6,2)4-3-7(10)11/h3-4,6H,5H2,1-2H3,(H,10,11). The highest BCUT2D eigenvalue weighted by atomic mass is 16.5. The molecule has 1 aliphatic rings. The van der Waals surface area contributed by atoms with Crippen LogP contribution in [0.15, 0.2) is 12.2 Å². The third-order valence-electron chi connectivity index (χ3n) is 2.50. The first-order chi connectivity index (χ1) is 5.97. The van der Waals surface area contributed by atoms with E-state index in [4.69, 9.17) is 9.84 Å². The molecule has 0 saturated carbocycles. The van der Waals surface area contributed by atoms with Crippen LogP contribution in [0, 0.1) is 11.3 Å². The zero-order chi connectivity index (χ0) is 10.1. The summed E-state index contributed by atoms with van der Waals surface area (Å²) in [5.74, 6) is -1.37. The number of hydrogen-bond donors (Lipinski definition) is 1. The SMILES string of the molecule is CC1COC(=O)C1(C)C=CC(=O)O. The second kappa shape index (κ2) is 3.20. The predicted octanol–water partition coefficient (Wildman–Crippen LogP) is 0.826. The lowest BCUT2D eigenvalue weighted by molar-refractivity contribution is -0.143. The largest absolute Gasteiger partial charge is 0.478 e. The summed E-state index contributed by atoms with van der Waals surface area (Å²) < 4.78 is 4.83. The monoisotopic (exact) mass is 184 g/mol. The molecule has 1 fully saturated rings. The molecule has 1 N–H and O–H groups in total. The fourth-order valence-electron chi connectivity index (χ4n) is 1.21. The molecule has 0 bridgehead atoms. The minimum Gasteiger partial charge on any atom is -0.478 e. The Hall–Kier alpha value is -1.32. The quantitative estimate of drug-likeness (QED) is 0.510. The first kappa shape index (κ1) is 9.77. The van der Waals surface area contributed by atoms with E-state index in [1.165, 1.54) is 6.08 Å². The van der Waals surface area contributed by atoms with Crippen molar-refractivity contribution in [3.63, 3.8) is 0 Å². The highest BCUT2D eigenvalue weighted by Crippen LogP contribution is 2.36. The van der Waals surface area contributed by atoms with Gasteiger partial charge in [-0.1, -0.05) is 13.0 Å². The molecule has 0 aromatic carbocycles. The van der Waals surface area contributed by atoms with Crippen LogP contribution in [0.5, 0.6) is 0 Å². The minimum absolute atomic E-state index is 0.0237. The van der Waals surface area contributed by atoms with Crippen molar-refractivity contribution >= 4 is 11.9 Å². The number of carbonyl (C=O) groups is 2. The number of carboxylic acids is 1. The van der Waals surface area contributed by atoms with Gasteiger partial charge in [0.05, 0.1) is 12.0 Å². The predicted molar refractivity (Wildman–Crippen MR) is 45.0 cm³/mol. The van der Waals surface area contributed by atoms with Crippen molar-refractivity contribution in [3.8, 4) is 0 Å². The fraction of sp³-hybridized carbons (Fsp3) is 0.556. The van der Waals surface area contributed by atoms with Gasteiger partial charge in [0.2, 0.25) is 0 Å². The molecule has 1 rings (SSSR count). The summed E-state index contributed by atoms with van der Waals surface area (Å²) in [5.41, 5.74) is -0.779. The van der Waals surface area contributed by atoms with E-state index in [1.807, 2.05) is 6.92 Å². The number of hydrogen-bond acceptors (Lipinski definition) is 3. The lowest BCUT2D eigenvalue weighted by Crippen LogP contribution is -2.25. The minimum atomic E-state index is -1.05. The smallest absolute Gasteiger partial charge is 0.328 e. The molecule has 0 aromatic rings. The zero-order valence-electron chi connectivity index (χ0n) is 7.61. The molecule has 72 valence electrons. The van der Waals surface area contributed by atoms with Crippen LogP contribution in [0.25, 0.3) is 0 Å². The maximum Gasteiger partial charge on any atom is 0.328 e. The first-order valence-electron chi connectivity index (χ1n) is 4.06. The second-order valence-electron chi connectivity index (χ2n) is 3.45. The summed E-state index contributed by atoms with van der Waals surface area (Å²) in [6, 6.07) is 0. The highest BCUT2D eigenvalue weighted by Gasteiger charge is 2.44. The van der Waals surface area contributed by atoms with E-state index < -0.39 is 11.4 Å². The summed E-state index contributed by atoms with van der Waals surface area (Å²) in [4.78, 5) is 21.5. The van der Waals surface area contributed by atoms with Crippen molar-refractivity contribution in [1.82, 2.24) is 0 Å². The van der Waals surface area contributed by atoms with Crippen LogP contribution < -0.4 is 0 Å². The lowest BCUT2D eigenvalue weighted by Gasteiger charge is -2.18. The van der Waals surface area contributed by atoms with Crippen LogP contribution in [-0.2, 0) is 14.3 Å². The van der Waals surface area contributed by atoms with Gasteiger partial charge in [0.1, 0.15) is 0 Å². The van der Waals surface area contributed by atoms with Crippen molar-refractivity contribution < 1.29 is 19.4 Å². The molecule has 1 saturated heterocycles. The maximum absolute atomic E-state index is 11.3. The van der Waals surface area contributed by atoms with Crippen molar-refractivity contribution in [1.29, 1.82) is 0 Å². The molecular formula is C9H12O4. The Labute approximate surface area is 76.2 Å². The molecule has 13 heavy (non-hydrogen) atoms. The Bertz CT molecular complexity index is 269. The number of ether oxygens (including phenoxy) is 1. The van der Waals surface area contributed by atoms with Gasteiger partial charge < -0.3 is 9.84 Å². The lowest BCUT2D eigenvalue weighted by atomic mass is 9.80. The fourth-order valence-corrected chi connectivity index (χ4v) is 1.21. The average molecular weight is 184 g/mol. The van der Waals surface area contributed by atoms with Crippen molar-refractivity contribution in [2.24, 2.45) is 11.3 Å². The molecule has 0 aromatic heterocycles. The van der Waals surface area contributed by atoms with Crippen LogP contribution in [0.3, 0.4) is 0 Å². The molecular weight excluding hydrogens is 172 g/mol. The van der Waals surface area contributed by atoms with E-state index in [2.05, 4.69) is 0 Å². The molecule has 0 radical (unpaired) electrons. The van der Waals surface area contributed by atoms with Gasteiger partial charge in [0, 0.05) is 12.0 Å². The number of cyclic esters (lactones) is 1. The number of aliphatic carboxylic acids is 1. The van der Waals surface area contributed by atoms with Gasteiger partial charge in [-0.3, -0.25) is 4.79 Å². The Morgan fingerprint density at radius 2 is 2.38 bits per heavy atom. The summed E-state index contributed by atoms with van der Waals surface area (Å²) in [6.45, 7) is 3.91. The van der Waals surface area contributed by atoms with E-state index in [9.17, 15) is 9.59 Å².